The fraction of sp³-hybridized carbons (Fsp3) is 0.357. The molecule has 0 unspecified atom stereocenters. The van der Waals surface area contributed by atoms with Crippen molar-refractivity contribution in [2.75, 3.05) is 0 Å². The lowest BCUT2D eigenvalue weighted by molar-refractivity contribution is 0.501. The molecule has 0 aliphatic heterocycles. The number of halogens is 1. The first-order valence-corrected chi connectivity index (χ1v) is 6.14. The number of aryl methyl sites for hydroxylation is 1. The third-order valence-electron chi connectivity index (χ3n) is 2.81. The van der Waals surface area contributed by atoms with E-state index in [1.807, 2.05) is 18.2 Å². The maximum atomic E-state index is 6.17. The average molecular weight is 236 g/mol. The van der Waals surface area contributed by atoms with Crippen LogP contribution in [0, 0.1) is 6.92 Å². The van der Waals surface area contributed by atoms with Crippen molar-refractivity contribution >= 4 is 22.4 Å². The first kappa shape index (κ1) is 11.5. The molecule has 1 radical (unpaired) electrons. The maximum Gasteiger partial charge on any atom is 0.113 e. The SMILES string of the molecule is [CH2]CCCCCc1occ2cccc(Cl)c12. The summed E-state index contributed by atoms with van der Waals surface area (Å²) in [5.41, 5.74) is 0. The summed E-state index contributed by atoms with van der Waals surface area (Å²) in [6.07, 6.45) is 7.30. The van der Waals surface area contributed by atoms with E-state index >= 15 is 0 Å². The second kappa shape index (κ2) is 5.40. The van der Waals surface area contributed by atoms with E-state index in [9.17, 15) is 0 Å². The number of benzene rings is 1. The molecule has 2 rings (SSSR count). The van der Waals surface area contributed by atoms with Crippen LogP contribution in [0.5, 0.6) is 0 Å². The van der Waals surface area contributed by atoms with Gasteiger partial charge in [0.15, 0.2) is 0 Å². The van der Waals surface area contributed by atoms with E-state index in [0.717, 1.165) is 40.8 Å². The highest BCUT2D eigenvalue weighted by Crippen LogP contribution is 2.29. The molecule has 85 valence electrons. The molecule has 0 bridgehead atoms. The number of furan rings is 1. The lowest BCUT2D eigenvalue weighted by atomic mass is 10.1. The Morgan fingerprint density at radius 3 is 2.88 bits per heavy atom. The van der Waals surface area contributed by atoms with Crippen molar-refractivity contribution in [3.63, 3.8) is 0 Å². The topological polar surface area (TPSA) is 13.1 Å². The molecule has 2 heteroatoms. The predicted molar refractivity (Wildman–Crippen MR) is 68.8 cm³/mol. The lowest BCUT2D eigenvalue weighted by Gasteiger charge is -1.99. The van der Waals surface area contributed by atoms with Crippen LogP contribution in [0.1, 0.15) is 31.4 Å². The van der Waals surface area contributed by atoms with Gasteiger partial charge in [-0.3, -0.25) is 0 Å². The molecule has 0 N–H and O–H groups in total. The zero-order valence-electron chi connectivity index (χ0n) is 9.34. The molecule has 0 saturated heterocycles. The van der Waals surface area contributed by atoms with Gasteiger partial charge in [-0.2, -0.15) is 0 Å². The minimum absolute atomic E-state index is 0.790. The maximum absolute atomic E-state index is 6.17. The Bertz CT molecular complexity index is 459. The van der Waals surface area contributed by atoms with Gasteiger partial charge < -0.3 is 4.42 Å². The summed E-state index contributed by atoms with van der Waals surface area (Å²) in [4.78, 5) is 0. The molecule has 0 amide bonds. The van der Waals surface area contributed by atoms with Gasteiger partial charge in [0.2, 0.25) is 0 Å². The van der Waals surface area contributed by atoms with E-state index < -0.39 is 0 Å². The van der Waals surface area contributed by atoms with E-state index in [-0.39, 0.29) is 0 Å². The Morgan fingerprint density at radius 1 is 1.19 bits per heavy atom. The van der Waals surface area contributed by atoms with Gasteiger partial charge in [0.25, 0.3) is 0 Å². The Kier molecular flexibility index (Phi) is 3.89. The molecule has 1 nitrogen and oxygen atoms in total. The molecule has 1 aromatic heterocycles. The van der Waals surface area contributed by atoms with Gasteiger partial charge in [0.05, 0.1) is 11.3 Å². The molecule has 0 spiro atoms. The largest absolute Gasteiger partial charge is 0.468 e. The first-order valence-electron chi connectivity index (χ1n) is 5.77. The fourth-order valence-corrected chi connectivity index (χ4v) is 2.24. The lowest BCUT2D eigenvalue weighted by Crippen LogP contribution is -1.84. The van der Waals surface area contributed by atoms with E-state index in [1.54, 1.807) is 6.26 Å². The van der Waals surface area contributed by atoms with Crippen LogP contribution in [0.25, 0.3) is 10.8 Å². The molecular formula is C14H16ClO. The van der Waals surface area contributed by atoms with E-state index in [2.05, 4.69) is 6.92 Å². The Hall–Kier alpha value is -0.950. The van der Waals surface area contributed by atoms with E-state index in [0.29, 0.717) is 0 Å². The smallest absolute Gasteiger partial charge is 0.113 e. The highest BCUT2D eigenvalue weighted by molar-refractivity contribution is 6.35. The van der Waals surface area contributed by atoms with E-state index in [4.69, 9.17) is 16.0 Å². The van der Waals surface area contributed by atoms with Gasteiger partial charge in [-0.05, 0) is 12.5 Å². The van der Waals surface area contributed by atoms with Crippen molar-refractivity contribution in [3.8, 4) is 0 Å². The van der Waals surface area contributed by atoms with Crippen molar-refractivity contribution in [1.29, 1.82) is 0 Å². The van der Waals surface area contributed by atoms with Crippen molar-refractivity contribution in [2.24, 2.45) is 0 Å². The molecule has 0 aliphatic carbocycles. The number of unbranched alkanes of at least 4 members (excludes halogenated alkanes) is 3. The molecule has 2 aromatic rings. The van der Waals surface area contributed by atoms with Crippen LogP contribution in [0.2, 0.25) is 5.02 Å². The Balaban J connectivity index is 2.12. The van der Waals surface area contributed by atoms with Crippen LogP contribution in [-0.2, 0) is 6.42 Å². The van der Waals surface area contributed by atoms with Crippen LogP contribution in [0.3, 0.4) is 0 Å². The summed E-state index contributed by atoms with van der Waals surface area (Å²) in [6, 6.07) is 5.90. The molecule has 0 saturated carbocycles. The molecule has 0 aliphatic rings. The summed E-state index contributed by atoms with van der Waals surface area (Å²) < 4.78 is 5.58. The highest BCUT2D eigenvalue weighted by Gasteiger charge is 2.08. The Morgan fingerprint density at radius 2 is 2.06 bits per heavy atom. The average Bonchev–Trinajstić information content (AvgIpc) is 2.69. The molecule has 16 heavy (non-hydrogen) atoms. The van der Waals surface area contributed by atoms with Crippen molar-refractivity contribution in [3.05, 3.63) is 42.2 Å². The second-order valence-corrected chi connectivity index (χ2v) is 4.43. The highest BCUT2D eigenvalue weighted by atomic mass is 35.5. The van der Waals surface area contributed by atoms with Crippen molar-refractivity contribution in [2.45, 2.75) is 32.1 Å². The minimum atomic E-state index is 0.790. The third-order valence-corrected chi connectivity index (χ3v) is 3.12. The summed E-state index contributed by atoms with van der Waals surface area (Å²) in [5, 5.41) is 2.97. The standard InChI is InChI=1S/C14H16ClO/c1-2-3-4-5-9-13-14-11(10-16-13)7-6-8-12(14)15/h6-8,10H,1-5,9H2. The van der Waals surface area contributed by atoms with Crippen LogP contribution >= 0.6 is 11.6 Å². The third kappa shape index (κ3) is 2.41. The van der Waals surface area contributed by atoms with Crippen molar-refractivity contribution < 1.29 is 4.42 Å². The van der Waals surface area contributed by atoms with Gasteiger partial charge in [0, 0.05) is 17.2 Å². The van der Waals surface area contributed by atoms with Crippen LogP contribution in [0.15, 0.2) is 28.9 Å². The van der Waals surface area contributed by atoms with E-state index in [1.165, 1.54) is 12.8 Å². The number of hydrogen-bond donors (Lipinski definition) is 0. The summed E-state index contributed by atoms with van der Waals surface area (Å²) in [6.45, 7) is 3.84. The first-order chi connectivity index (χ1) is 7.83. The molecule has 0 fully saturated rings. The van der Waals surface area contributed by atoms with Gasteiger partial charge in [0.1, 0.15) is 5.76 Å². The fourth-order valence-electron chi connectivity index (χ4n) is 1.95. The van der Waals surface area contributed by atoms with Crippen LogP contribution < -0.4 is 0 Å². The van der Waals surface area contributed by atoms with Gasteiger partial charge in [-0.1, -0.05) is 49.9 Å². The molecular weight excluding hydrogens is 220 g/mol. The summed E-state index contributed by atoms with van der Waals surface area (Å²) in [7, 11) is 0. The predicted octanol–water partition coefficient (Wildman–Crippen LogP) is 5.02. The molecule has 1 aromatic carbocycles. The zero-order chi connectivity index (χ0) is 11.4. The zero-order valence-corrected chi connectivity index (χ0v) is 10.1. The number of fused-ring (bicyclic) bond motifs is 1. The van der Waals surface area contributed by atoms with Crippen LogP contribution in [0.4, 0.5) is 0 Å². The minimum Gasteiger partial charge on any atom is -0.468 e. The van der Waals surface area contributed by atoms with Crippen molar-refractivity contribution in [1.82, 2.24) is 0 Å². The normalized spacial score (nSPS) is 11.1. The van der Waals surface area contributed by atoms with Gasteiger partial charge in [-0.25, -0.2) is 0 Å². The van der Waals surface area contributed by atoms with Gasteiger partial charge in [-0.15, -0.1) is 0 Å². The summed E-state index contributed by atoms with van der Waals surface area (Å²) in [5.74, 6) is 1.02. The van der Waals surface area contributed by atoms with Gasteiger partial charge >= 0.3 is 0 Å². The quantitative estimate of drug-likeness (QED) is 0.663. The number of hydrogen-bond acceptors (Lipinski definition) is 1. The second-order valence-electron chi connectivity index (χ2n) is 4.03. The molecule has 1 heterocycles. The summed E-state index contributed by atoms with van der Waals surface area (Å²) >= 11 is 6.17. The van der Waals surface area contributed by atoms with Crippen LogP contribution in [-0.4, -0.2) is 0 Å². The monoisotopic (exact) mass is 235 g/mol. The molecule has 0 atom stereocenters. The Labute approximate surface area is 101 Å². The number of rotatable bonds is 5.